The third-order valence-corrected chi connectivity index (χ3v) is 3.47. The van der Waals surface area contributed by atoms with Crippen LogP contribution in [0.15, 0.2) is 0 Å². The second kappa shape index (κ2) is 6.14. The summed E-state index contributed by atoms with van der Waals surface area (Å²) in [7, 11) is 0. The molecule has 0 unspecified atom stereocenters. The summed E-state index contributed by atoms with van der Waals surface area (Å²) in [5, 5.41) is 14.4. The van der Waals surface area contributed by atoms with Gasteiger partial charge in [0.05, 0.1) is 11.7 Å². The normalized spacial score (nSPS) is 16.8. The van der Waals surface area contributed by atoms with Crippen molar-refractivity contribution in [3.63, 3.8) is 0 Å². The Balaban J connectivity index is 2.06. The molecule has 0 aliphatic carbocycles. The molecule has 2 heterocycles. The first-order valence-corrected chi connectivity index (χ1v) is 7.00. The molecule has 1 aromatic heterocycles. The highest BCUT2D eigenvalue weighted by molar-refractivity contribution is 5.93. The van der Waals surface area contributed by atoms with Gasteiger partial charge in [-0.3, -0.25) is 4.79 Å². The largest absolute Gasteiger partial charge is 0.350 e. The van der Waals surface area contributed by atoms with Gasteiger partial charge in [0.25, 0.3) is 5.91 Å². The van der Waals surface area contributed by atoms with E-state index >= 15 is 0 Å². The highest BCUT2D eigenvalue weighted by Crippen LogP contribution is 2.20. The van der Waals surface area contributed by atoms with Crippen LogP contribution in [0.2, 0.25) is 0 Å². The van der Waals surface area contributed by atoms with Crippen molar-refractivity contribution in [2.75, 3.05) is 19.6 Å². The Bertz CT molecular complexity index is 434. The minimum absolute atomic E-state index is 0.119. The molecule has 1 aliphatic heterocycles. The quantitative estimate of drug-likeness (QED) is 0.848. The van der Waals surface area contributed by atoms with Crippen molar-refractivity contribution in [1.29, 1.82) is 0 Å². The van der Waals surface area contributed by atoms with Gasteiger partial charge in [0, 0.05) is 6.54 Å². The van der Waals surface area contributed by atoms with Crippen LogP contribution in [0, 0.1) is 12.8 Å². The third-order valence-electron chi connectivity index (χ3n) is 3.47. The number of piperidine rings is 1. The molecule has 0 saturated carbocycles. The molecule has 1 aromatic rings. The number of hydrogen-bond donors (Lipinski definition) is 2. The predicted molar refractivity (Wildman–Crippen MR) is 73.1 cm³/mol. The zero-order valence-corrected chi connectivity index (χ0v) is 11.9. The molecule has 0 radical (unpaired) electrons. The second-order valence-corrected chi connectivity index (χ2v) is 5.55. The first-order chi connectivity index (χ1) is 9.09. The van der Waals surface area contributed by atoms with Crippen LogP contribution >= 0.6 is 0 Å². The van der Waals surface area contributed by atoms with Gasteiger partial charge in [-0.2, -0.15) is 0 Å². The first-order valence-electron chi connectivity index (χ1n) is 7.00. The topological polar surface area (TPSA) is 71.8 Å². The van der Waals surface area contributed by atoms with Crippen LogP contribution in [0.3, 0.4) is 0 Å². The van der Waals surface area contributed by atoms with E-state index in [0.717, 1.165) is 31.6 Å². The SMILES string of the molecule is Cc1c(C(=O)NCC(C)C)nnn1C1CCNCC1. The summed E-state index contributed by atoms with van der Waals surface area (Å²) < 4.78 is 1.91. The Kier molecular flexibility index (Phi) is 4.52. The lowest BCUT2D eigenvalue weighted by molar-refractivity contribution is 0.0943. The van der Waals surface area contributed by atoms with Gasteiger partial charge < -0.3 is 10.6 Å². The minimum atomic E-state index is -0.119. The van der Waals surface area contributed by atoms with Gasteiger partial charge in [-0.15, -0.1) is 5.10 Å². The lowest BCUT2D eigenvalue weighted by Gasteiger charge is -2.23. The summed E-state index contributed by atoms with van der Waals surface area (Å²) in [4.78, 5) is 12.0. The fourth-order valence-corrected chi connectivity index (χ4v) is 2.33. The van der Waals surface area contributed by atoms with Crippen LogP contribution in [0.5, 0.6) is 0 Å². The second-order valence-electron chi connectivity index (χ2n) is 5.55. The van der Waals surface area contributed by atoms with E-state index in [-0.39, 0.29) is 5.91 Å². The summed E-state index contributed by atoms with van der Waals surface area (Å²) in [6.07, 6.45) is 2.08. The van der Waals surface area contributed by atoms with E-state index in [1.54, 1.807) is 0 Å². The zero-order chi connectivity index (χ0) is 13.8. The fraction of sp³-hybridized carbons (Fsp3) is 0.769. The average Bonchev–Trinajstić information content (AvgIpc) is 2.79. The van der Waals surface area contributed by atoms with Crippen molar-refractivity contribution in [2.24, 2.45) is 5.92 Å². The molecule has 1 amide bonds. The Morgan fingerprint density at radius 2 is 2.16 bits per heavy atom. The Labute approximate surface area is 113 Å². The highest BCUT2D eigenvalue weighted by atomic mass is 16.2. The van der Waals surface area contributed by atoms with Crippen LogP contribution in [-0.4, -0.2) is 40.5 Å². The smallest absolute Gasteiger partial charge is 0.273 e. The summed E-state index contributed by atoms with van der Waals surface area (Å²) >= 11 is 0. The summed E-state index contributed by atoms with van der Waals surface area (Å²) in [6, 6.07) is 0.361. The number of carbonyl (C=O) groups is 1. The number of carbonyl (C=O) groups excluding carboxylic acids is 1. The molecule has 2 rings (SSSR count). The number of nitrogens with one attached hydrogen (secondary N) is 2. The van der Waals surface area contributed by atoms with E-state index in [1.165, 1.54) is 0 Å². The number of amides is 1. The van der Waals surface area contributed by atoms with Gasteiger partial charge >= 0.3 is 0 Å². The molecule has 0 atom stereocenters. The van der Waals surface area contributed by atoms with Crippen molar-refractivity contribution < 1.29 is 4.79 Å². The number of nitrogens with zero attached hydrogens (tertiary/aromatic N) is 3. The van der Waals surface area contributed by atoms with Crippen LogP contribution in [0.4, 0.5) is 0 Å². The maximum absolute atomic E-state index is 12.0. The molecular formula is C13H23N5O. The van der Waals surface area contributed by atoms with Crippen LogP contribution in [0.25, 0.3) is 0 Å². The van der Waals surface area contributed by atoms with E-state index in [4.69, 9.17) is 0 Å². The van der Waals surface area contributed by atoms with Gasteiger partial charge in [0.1, 0.15) is 0 Å². The van der Waals surface area contributed by atoms with E-state index in [0.29, 0.717) is 24.2 Å². The highest BCUT2D eigenvalue weighted by Gasteiger charge is 2.22. The Hall–Kier alpha value is -1.43. The maximum atomic E-state index is 12.0. The van der Waals surface area contributed by atoms with Crippen LogP contribution < -0.4 is 10.6 Å². The zero-order valence-electron chi connectivity index (χ0n) is 11.9. The van der Waals surface area contributed by atoms with E-state index < -0.39 is 0 Å². The Morgan fingerprint density at radius 1 is 1.47 bits per heavy atom. The van der Waals surface area contributed by atoms with Crippen LogP contribution in [-0.2, 0) is 0 Å². The third kappa shape index (κ3) is 3.32. The standard InChI is InChI=1S/C13H23N5O/c1-9(2)8-15-13(19)12-10(3)18(17-16-12)11-4-6-14-7-5-11/h9,11,14H,4-8H2,1-3H3,(H,15,19). The number of aromatic nitrogens is 3. The molecule has 1 fully saturated rings. The van der Waals surface area contributed by atoms with Crippen molar-refractivity contribution in [1.82, 2.24) is 25.6 Å². The summed E-state index contributed by atoms with van der Waals surface area (Å²) in [6.45, 7) is 8.72. The van der Waals surface area contributed by atoms with E-state index in [1.807, 2.05) is 11.6 Å². The van der Waals surface area contributed by atoms with Crippen molar-refractivity contribution >= 4 is 5.91 Å². The van der Waals surface area contributed by atoms with Crippen LogP contribution in [0.1, 0.15) is 48.9 Å². The molecular weight excluding hydrogens is 242 g/mol. The van der Waals surface area contributed by atoms with Crippen molar-refractivity contribution in [2.45, 2.75) is 39.7 Å². The molecule has 6 heteroatoms. The summed E-state index contributed by atoms with van der Waals surface area (Å²) in [5.41, 5.74) is 1.33. The lowest BCUT2D eigenvalue weighted by atomic mass is 10.1. The Morgan fingerprint density at radius 3 is 2.79 bits per heavy atom. The monoisotopic (exact) mass is 265 g/mol. The lowest BCUT2D eigenvalue weighted by Crippen LogP contribution is -2.31. The molecule has 1 saturated heterocycles. The average molecular weight is 265 g/mol. The molecule has 6 nitrogen and oxygen atoms in total. The van der Waals surface area contributed by atoms with Gasteiger partial charge in [0.2, 0.25) is 0 Å². The maximum Gasteiger partial charge on any atom is 0.273 e. The molecule has 106 valence electrons. The van der Waals surface area contributed by atoms with Crippen molar-refractivity contribution in [3.05, 3.63) is 11.4 Å². The minimum Gasteiger partial charge on any atom is -0.350 e. The van der Waals surface area contributed by atoms with Crippen molar-refractivity contribution in [3.8, 4) is 0 Å². The number of hydrogen-bond acceptors (Lipinski definition) is 4. The predicted octanol–water partition coefficient (Wildman–Crippen LogP) is 0.897. The molecule has 1 aliphatic rings. The molecule has 0 aromatic carbocycles. The molecule has 2 N–H and O–H groups in total. The van der Waals surface area contributed by atoms with Gasteiger partial charge in [-0.05, 0) is 38.8 Å². The van der Waals surface area contributed by atoms with Gasteiger partial charge in [0.15, 0.2) is 5.69 Å². The van der Waals surface area contributed by atoms with E-state index in [9.17, 15) is 4.79 Å². The van der Waals surface area contributed by atoms with Gasteiger partial charge in [-0.25, -0.2) is 4.68 Å². The molecule has 0 spiro atoms. The number of rotatable bonds is 4. The first kappa shape index (κ1) is 14.0. The molecule has 19 heavy (non-hydrogen) atoms. The fourth-order valence-electron chi connectivity index (χ4n) is 2.33. The summed E-state index contributed by atoms with van der Waals surface area (Å²) in [5.74, 6) is 0.315. The molecule has 0 bridgehead atoms. The van der Waals surface area contributed by atoms with Gasteiger partial charge in [-0.1, -0.05) is 19.1 Å². The van der Waals surface area contributed by atoms with E-state index in [2.05, 4.69) is 34.8 Å².